The van der Waals surface area contributed by atoms with Gasteiger partial charge in [-0.2, -0.15) is 11.8 Å². The van der Waals surface area contributed by atoms with E-state index in [1.54, 1.807) is 0 Å². The number of amides is 2. The highest BCUT2D eigenvalue weighted by Crippen LogP contribution is 2.27. The Labute approximate surface area is 120 Å². The van der Waals surface area contributed by atoms with Gasteiger partial charge in [0.25, 0.3) is 0 Å². The van der Waals surface area contributed by atoms with Crippen LogP contribution < -0.4 is 10.6 Å². The predicted molar refractivity (Wildman–Crippen MR) is 79.7 cm³/mol. The lowest BCUT2D eigenvalue weighted by Gasteiger charge is -2.22. The van der Waals surface area contributed by atoms with E-state index in [-0.39, 0.29) is 6.03 Å². The van der Waals surface area contributed by atoms with Crippen molar-refractivity contribution in [2.75, 3.05) is 19.4 Å². The summed E-state index contributed by atoms with van der Waals surface area (Å²) in [6.07, 6.45) is 10.5. The molecule has 2 aliphatic rings. The first-order valence-corrected chi connectivity index (χ1v) is 8.75. The molecule has 1 saturated heterocycles. The summed E-state index contributed by atoms with van der Waals surface area (Å²) in [4.78, 5) is 11.8. The van der Waals surface area contributed by atoms with Gasteiger partial charge >= 0.3 is 6.03 Å². The molecule has 2 N–H and O–H groups in total. The van der Waals surface area contributed by atoms with Gasteiger partial charge in [0.2, 0.25) is 0 Å². The van der Waals surface area contributed by atoms with Crippen molar-refractivity contribution in [1.82, 2.24) is 10.6 Å². The minimum Gasteiger partial charge on any atom is -0.378 e. The molecule has 1 saturated carbocycles. The van der Waals surface area contributed by atoms with E-state index in [4.69, 9.17) is 4.74 Å². The Bertz CT molecular complexity index is 283. The van der Waals surface area contributed by atoms with Crippen LogP contribution in [0, 0.1) is 0 Å². The molecule has 0 aromatic heterocycles. The highest BCUT2D eigenvalue weighted by molar-refractivity contribution is 7.99. The molecule has 1 aliphatic heterocycles. The maximum Gasteiger partial charge on any atom is 0.315 e. The smallest absolute Gasteiger partial charge is 0.315 e. The number of rotatable bonds is 5. The molecule has 0 spiro atoms. The molecule has 4 nitrogen and oxygen atoms in total. The van der Waals surface area contributed by atoms with Crippen LogP contribution in [0.2, 0.25) is 0 Å². The molecule has 0 aromatic rings. The third-order valence-electron chi connectivity index (χ3n) is 4.08. The highest BCUT2D eigenvalue weighted by atomic mass is 32.2. The Kier molecular flexibility index (Phi) is 6.31. The zero-order chi connectivity index (χ0) is 13.5. The Morgan fingerprint density at radius 2 is 2.21 bits per heavy atom. The summed E-state index contributed by atoms with van der Waals surface area (Å²) in [5, 5.41) is 6.75. The topological polar surface area (TPSA) is 50.4 Å². The lowest BCUT2D eigenvalue weighted by Crippen LogP contribution is -2.42. The summed E-state index contributed by atoms with van der Waals surface area (Å²) in [7, 11) is 0. The first-order chi connectivity index (χ1) is 9.28. The lowest BCUT2D eigenvalue weighted by atomic mass is 10.1. The van der Waals surface area contributed by atoms with Crippen LogP contribution in [-0.2, 0) is 4.74 Å². The fraction of sp³-hybridized carbons (Fsp3) is 0.929. The van der Waals surface area contributed by atoms with Crippen molar-refractivity contribution < 1.29 is 9.53 Å². The molecule has 0 aromatic carbocycles. The Morgan fingerprint density at radius 3 is 2.89 bits per heavy atom. The number of thioether (sulfide) groups is 1. The van der Waals surface area contributed by atoms with Crippen LogP contribution in [0.5, 0.6) is 0 Å². The zero-order valence-corrected chi connectivity index (χ0v) is 12.6. The van der Waals surface area contributed by atoms with Crippen molar-refractivity contribution in [3.63, 3.8) is 0 Å². The molecule has 1 heterocycles. The van der Waals surface area contributed by atoms with E-state index in [1.165, 1.54) is 19.3 Å². The van der Waals surface area contributed by atoms with Crippen LogP contribution in [0.3, 0.4) is 0 Å². The van der Waals surface area contributed by atoms with Crippen molar-refractivity contribution in [2.24, 2.45) is 0 Å². The van der Waals surface area contributed by atoms with Crippen molar-refractivity contribution >= 4 is 17.8 Å². The van der Waals surface area contributed by atoms with E-state index >= 15 is 0 Å². The maximum absolute atomic E-state index is 11.8. The molecule has 2 amide bonds. The Morgan fingerprint density at radius 1 is 1.32 bits per heavy atom. The molecule has 19 heavy (non-hydrogen) atoms. The number of hydrogen-bond acceptors (Lipinski definition) is 3. The number of carbonyl (C=O) groups is 1. The SMILES string of the molecule is CSC1CCC(NC(=O)NCCC2CCCCO2)C1. The number of carbonyl (C=O) groups excluding carboxylic acids is 1. The molecule has 3 unspecified atom stereocenters. The minimum atomic E-state index is -0.0115. The summed E-state index contributed by atoms with van der Waals surface area (Å²) < 4.78 is 5.65. The molecule has 3 atom stereocenters. The molecular formula is C14H26N2O2S. The van der Waals surface area contributed by atoms with Gasteiger partial charge in [0.1, 0.15) is 0 Å². The van der Waals surface area contributed by atoms with Gasteiger partial charge in [-0.3, -0.25) is 0 Å². The fourth-order valence-electron chi connectivity index (χ4n) is 2.90. The first-order valence-electron chi connectivity index (χ1n) is 7.46. The van der Waals surface area contributed by atoms with Crippen LogP contribution in [0.4, 0.5) is 4.79 Å². The molecule has 0 bridgehead atoms. The van der Waals surface area contributed by atoms with Crippen LogP contribution in [0.1, 0.15) is 44.9 Å². The van der Waals surface area contributed by atoms with Crippen LogP contribution >= 0.6 is 11.8 Å². The molecular weight excluding hydrogens is 260 g/mol. The number of hydrogen-bond donors (Lipinski definition) is 2. The van der Waals surface area contributed by atoms with Crippen LogP contribution in [0.15, 0.2) is 0 Å². The second kappa shape index (κ2) is 8.00. The lowest BCUT2D eigenvalue weighted by molar-refractivity contribution is 0.0120. The maximum atomic E-state index is 11.8. The summed E-state index contributed by atoms with van der Waals surface area (Å²) >= 11 is 1.91. The number of nitrogens with one attached hydrogen (secondary N) is 2. The highest BCUT2D eigenvalue weighted by Gasteiger charge is 2.25. The number of ether oxygens (including phenoxy) is 1. The van der Waals surface area contributed by atoms with Crippen LogP contribution in [-0.4, -0.2) is 42.8 Å². The van der Waals surface area contributed by atoms with Gasteiger partial charge in [-0.05, 0) is 51.2 Å². The molecule has 110 valence electrons. The fourth-order valence-corrected chi connectivity index (χ4v) is 3.70. The minimum absolute atomic E-state index is 0.0115. The quantitative estimate of drug-likeness (QED) is 0.816. The third-order valence-corrected chi connectivity index (χ3v) is 5.17. The Balaban J connectivity index is 1.54. The van der Waals surface area contributed by atoms with E-state index in [0.29, 0.717) is 12.1 Å². The van der Waals surface area contributed by atoms with Gasteiger partial charge in [-0.1, -0.05) is 0 Å². The van der Waals surface area contributed by atoms with Gasteiger partial charge < -0.3 is 15.4 Å². The van der Waals surface area contributed by atoms with E-state index < -0.39 is 0 Å². The number of urea groups is 1. The van der Waals surface area contributed by atoms with Gasteiger partial charge in [0, 0.05) is 24.4 Å². The van der Waals surface area contributed by atoms with Crippen molar-refractivity contribution in [1.29, 1.82) is 0 Å². The van der Waals surface area contributed by atoms with E-state index in [9.17, 15) is 4.79 Å². The van der Waals surface area contributed by atoms with Gasteiger partial charge in [0.15, 0.2) is 0 Å². The second-order valence-corrected chi connectivity index (χ2v) is 6.68. The largest absolute Gasteiger partial charge is 0.378 e. The molecule has 0 radical (unpaired) electrons. The van der Waals surface area contributed by atoms with Gasteiger partial charge in [-0.25, -0.2) is 4.79 Å². The average molecular weight is 286 g/mol. The summed E-state index contributed by atoms with van der Waals surface area (Å²) in [6, 6.07) is 0.353. The van der Waals surface area contributed by atoms with Crippen molar-refractivity contribution in [3.8, 4) is 0 Å². The average Bonchev–Trinajstić information content (AvgIpc) is 2.87. The van der Waals surface area contributed by atoms with Crippen molar-refractivity contribution in [3.05, 3.63) is 0 Å². The first kappa shape index (κ1) is 15.0. The zero-order valence-electron chi connectivity index (χ0n) is 11.8. The molecule has 5 heteroatoms. The molecule has 2 fully saturated rings. The van der Waals surface area contributed by atoms with Gasteiger partial charge in [0.05, 0.1) is 6.10 Å². The van der Waals surface area contributed by atoms with Crippen molar-refractivity contribution in [2.45, 2.75) is 62.3 Å². The normalized spacial score (nSPS) is 31.1. The summed E-state index contributed by atoms with van der Waals surface area (Å²) in [5.41, 5.74) is 0. The van der Waals surface area contributed by atoms with Gasteiger partial charge in [-0.15, -0.1) is 0 Å². The van der Waals surface area contributed by atoms with E-state index in [0.717, 1.165) is 44.1 Å². The third kappa shape index (κ3) is 5.22. The monoisotopic (exact) mass is 286 g/mol. The molecule has 1 aliphatic carbocycles. The van der Waals surface area contributed by atoms with Crippen LogP contribution in [0.25, 0.3) is 0 Å². The summed E-state index contributed by atoms with van der Waals surface area (Å²) in [6.45, 7) is 1.60. The van der Waals surface area contributed by atoms with E-state index in [1.807, 2.05) is 11.8 Å². The summed E-state index contributed by atoms with van der Waals surface area (Å²) in [5.74, 6) is 0. The Hall–Kier alpha value is -0.420. The molecule has 2 rings (SSSR count). The van der Waals surface area contributed by atoms with E-state index in [2.05, 4.69) is 16.9 Å². The second-order valence-electron chi connectivity index (χ2n) is 5.55. The predicted octanol–water partition coefficient (Wildman–Crippen LogP) is 2.53. The standard InChI is InChI=1S/C14H26N2O2S/c1-19-13-6-5-11(10-13)16-14(17)15-8-7-12-4-2-3-9-18-12/h11-13H,2-10H2,1H3,(H2,15,16,17).